The van der Waals surface area contributed by atoms with Crippen LogP contribution >= 0.6 is 0 Å². The summed E-state index contributed by atoms with van der Waals surface area (Å²) in [5.41, 5.74) is 2.00. The summed E-state index contributed by atoms with van der Waals surface area (Å²) in [6, 6.07) is 16.6. The van der Waals surface area contributed by atoms with Crippen LogP contribution in [-0.2, 0) is 4.79 Å². The van der Waals surface area contributed by atoms with Crippen LogP contribution in [0.5, 0.6) is 0 Å². The van der Waals surface area contributed by atoms with Crippen molar-refractivity contribution in [3.05, 3.63) is 87.8 Å². The number of hydrogen-bond acceptors (Lipinski definition) is 3. The molecule has 3 N–H and O–H groups in total. The first-order valence-corrected chi connectivity index (χ1v) is 8.41. The van der Waals surface area contributed by atoms with Crippen LogP contribution in [-0.4, -0.2) is 26.8 Å². The summed E-state index contributed by atoms with van der Waals surface area (Å²) in [5.74, 6) is -1.58. The van der Waals surface area contributed by atoms with Gasteiger partial charge in [-0.3, -0.25) is 19.5 Å². The number of benzene rings is 2. The number of para-hydroxylation sites is 1. The number of aromatic amines is 1. The number of aryl methyl sites for hydroxylation is 1. The highest BCUT2D eigenvalue weighted by molar-refractivity contribution is 5.92. The third-order valence-corrected chi connectivity index (χ3v) is 4.14. The van der Waals surface area contributed by atoms with Crippen molar-refractivity contribution in [2.45, 2.75) is 19.4 Å². The second-order valence-electron chi connectivity index (χ2n) is 6.21. The van der Waals surface area contributed by atoms with Gasteiger partial charge in [0.15, 0.2) is 0 Å². The number of carbonyl (C=O) groups excluding carboxylic acids is 1. The Morgan fingerprint density at radius 1 is 1.11 bits per heavy atom. The van der Waals surface area contributed by atoms with Crippen molar-refractivity contribution in [2.24, 2.45) is 0 Å². The summed E-state index contributed by atoms with van der Waals surface area (Å²) in [5, 5.41) is 14.6. The monoisotopic (exact) mass is 365 g/mol. The van der Waals surface area contributed by atoms with Gasteiger partial charge in [-0.05, 0) is 24.6 Å². The molecule has 3 aromatic rings. The molecule has 2 aromatic carbocycles. The minimum atomic E-state index is -1.03. The van der Waals surface area contributed by atoms with E-state index in [0.717, 1.165) is 5.56 Å². The smallest absolute Gasteiger partial charge is 0.305 e. The van der Waals surface area contributed by atoms with Crippen LogP contribution in [0.2, 0.25) is 0 Å². The van der Waals surface area contributed by atoms with E-state index in [1.807, 2.05) is 25.1 Å². The number of carbonyl (C=O) groups is 2. The van der Waals surface area contributed by atoms with Crippen LogP contribution in [0.15, 0.2) is 65.5 Å². The van der Waals surface area contributed by atoms with Crippen LogP contribution < -0.4 is 10.9 Å². The van der Waals surface area contributed by atoms with Crippen molar-refractivity contribution in [1.82, 2.24) is 15.1 Å². The number of H-pyrrole nitrogens is 1. The molecule has 0 aliphatic carbocycles. The molecule has 0 radical (unpaired) electrons. The van der Waals surface area contributed by atoms with Crippen LogP contribution in [0, 0.1) is 6.92 Å². The SMILES string of the molecule is Cc1ccc(C(CC(=O)O)NC(=O)c2cc(=O)n(-c3ccccc3)[nH]2)cc1. The van der Waals surface area contributed by atoms with Gasteiger partial charge in [-0.25, -0.2) is 4.68 Å². The van der Waals surface area contributed by atoms with Crippen LogP contribution in [0.25, 0.3) is 5.69 Å². The lowest BCUT2D eigenvalue weighted by Gasteiger charge is -2.17. The molecule has 1 atom stereocenters. The van der Waals surface area contributed by atoms with Gasteiger partial charge in [0.1, 0.15) is 5.69 Å². The molecule has 1 heterocycles. The van der Waals surface area contributed by atoms with E-state index in [9.17, 15) is 14.4 Å². The standard InChI is InChI=1S/C20H19N3O4/c1-13-7-9-14(10-8-13)16(12-19(25)26)21-20(27)17-11-18(24)23(22-17)15-5-3-2-4-6-15/h2-11,16,22H,12H2,1H3,(H,21,27)(H,25,26). The summed E-state index contributed by atoms with van der Waals surface area (Å²) < 4.78 is 1.26. The quantitative estimate of drug-likeness (QED) is 0.624. The predicted molar refractivity (Wildman–Crippen MR) is 100 cm³/mol. The highest BCUT2D eigenvalue weighted by atomic mass is 16.4. The fraction of sp³-hybridized carbons (Fsp3) is 0.150. The van der Waals surface area contributed by atoms with E-state index < -0.39 is 17.9 Å². The number of nitrogens with zero attached hydrogens (tertiary/aromatic N) is 1. The first-order valence-electron chi connectivity index (χ1n) is 8.41. The molecule has 7 nitrogen and oxygen atoms in total. The Hall–Kier alpha value is -3.61. The largest absolute Gasteiger partial charge is 0.481 e. The van der Waals surface area contributed by atoms with Gasteiger partial charge < -0.3 is 10.4 Å². The molecule has 27 heavy (non-hydrogen) atoms. The van der Waals surface area contributed by atoms with Crippen molar-refractivity contribution in [2.75, 3.05) is 0 Å². The van der Waals surface area contributed by atoms with Crippen molar-refractivity contribution >= 4 is 11.9 Å². The highest BCUT2D eigenvalue weighted by Crippen LogP contribution is 2.18. The zero-order valence-corrected chi connectivity index (χ0v) is 14.7. The van der Waals surface area contributed by atoms with Gasteiger partial charge in [-0.15, -0.1) is 0 Å². The Kier molecular flexibility index (Phi) is 5.21. The zero-order chi connectivity index (χ0) is 19.4. The van der Waals surface area contributed by atoms with Crippen molar-refractivity contribution in [3.63, 3.8) is 0 Å². The average Bonchev–Trinajstić information content (AvgIpc) is 3.04. The molecule has 1 aromatic heterocycles. The molecular weight excluding hydrogens is 346 g/mol. The van der Waals surface area contributed by atoms with E-state index in [1.165, 1.54) is 10.7 Å². The lowest BCUT2D eigenvalue weighted by Crippen LogP contribution is -2.30. The first-order chi connectivity index (χ1) is 12.9. The van der Waals surface area contributed by atoms with Gasteiger partial charge in [0.2, 0.25) is 0 Å². The molecule has 0 aliphatic heterocycles. The third kappa shape index (κ3) is 4.33. The number of carboxylic acid groups (broad SMARTS) is 1. The second kappa shape index (κ2) is 7.74. The van der Waals surface area contributed by atoms with Crippen molar-refractivity contribution in [1.29, 1.82) is 0 Å². The summed E-state index contributed by atoms with van der Waals surface area (Å²) >= 11 is 0. The molecule has 1 amide bonds. The number of nitrogens with one attached hydrogen (secondary N) is 2. The second-order valence-corrected chi connectivity index (χ2v) is 6.21. The molecule has 0 saturated heterocycles. The molecule has 0 bridgehead atoms. The summed E-state index contributed by atoms with van der Waals surface area (Å²) in [6.45, 7) is 1.92. The normalized spacial score (nSPS) is 11.7. The third-order valence-electron chi connectivity index (χ3n) is 4.14. The van der Waals surface area contributed by atoms with Gasteiger partial charge in [0, 0.05) is 6.07 Å². The lowest BCUT2D eigenvalue weighted by atomic mass is 10.0. The number of hydrogen-bond donors (Lipinski definition) is 3. The topological polar surface area (TPSA) is 104 Å². The molecule has 7 heteroatoms. The fourth-order valence-corrected chi connectivity index (χ4v) is 2.74. The van der Waals surface area contributed by atoms with Gasteiger partial charge in [0.25, 0.3) is 11.5 Å². The zero-order valence-electron chi connectivity index (χ0n) is 14.7. The fourth-order valence-electron chi connectivity index (χ4n) is 2.74. The van der Waals surface area contributed by atoms with Gasteiger partial charge in [-0.2, -0.15) is 0 Å². The molecule has 0 aliphatic rings. The first kappa shape index (κ1) is 18.2. The molecule has 3 rings (SSSR count). The maximum Gasteiger partial charge on any atom is 0.305 e. The number of rotatable bonds is 6. The number of carboxylic acids is 1. The van der Waals surface area contributed by atoms with Crippen LogP contribution in [0.1, 0.15) is 34.1 Å². The molecule has 138 valence electrons. The maximum absolute atomic E-state index is 12.6. The van der Waals surface area contributed by atoms with E-state index in [4.69, 9.17) is 5.11 Å². The molecule has 1 unspecified atom stereocenters. The Morgan fingerprint density at radius 2 is 1.78 bits per heavy atom. The Morgan fingerprint density at radius 3 is 2.41 bits per heavy atom. The van der Waals surface area contributed by atoms with Crippen molar-refractivity contribution < 1.29 is 14.7 Å². The molecule has 0 fully saturated rings. The van der Waals surface area contributed by atoms with E-state index in [-0.39, 0.29) is 17.7 Å². The van der Waals surface area contributed by atoms with E-state index in [0.29, 0.717) is 11.3 Å². The Labute approximate surface area is 155 Å². The number of aliphatic carboxylic acids is 1. The average molecular weight is 365 g/mol. The molecule has 0 saturated carbocycles. The summed E-state index contributed by atoms with van der Waals surface area (Å²) in [7, 11) is 0. The Balaban J connectivity index is 1.85. The molecule has 0 spiro atoms. The van der Waals surface area contributed by atoms with E-state index in [2.05, 4.69) is 10.4 Å². The number of aromatic nitrogens is 2. The minimum absolute atomic E-state index is 0.0614. The maximum atomic E-state index is 12.6. The summed E-state index contributed by atoms with van der Waals surface area (Å²) in [6.07, 6.45) is -0.265. The predicted octanol–water partition coefficient (Wildman–Crippen LogP) is 2.42. The van der Waals surface area contributed by atoms with Crippen LogP contribution in [0.3, 0.4) is 0 Å². The molecular formula is C20H19N3O4. The highest BCUT2D eigenvalue weighted by Gasteiger charge is 2.20. The lowest BCUT2D eigenvalue weighted by molar-refractivity contribution is -0.137. The number of amides is 1. The van der Waals surface area contributed by atoms with E-state index in [1.54, 1.807) is 36.4 Å². The van der Waals surface area contributed by atoms with E-state index >= 15 is 0 Å². The Bertz CT molecular complexity index is 1000. The van der Waals surface area contributed by atoms with Gasteiger partial charge in [0.05, 0.1) is 18.2 Å². The van der Waals surface area contributed by atoms with Gasteiger partial charge >= 0.3 is 5.97 Å². The van der Waals surface area contributed by atoms with Crippen molar-refractivity contribution in [3.8, 4) is 5.69 Å². The van der Waals surface area contributed by atoms with Crippen LogP contribution in [0.4, 0.5) is 0 Å². The minimum Gasteiger partial charge on any atom is -0.481 e. The summed E-state index contributed by atoms with van der Waals surface area (Å²) in [4.78, 5) is 36.0. The van der Waals surface area contributed by atoms with Gasteiger partial charge in [-0.1, -0.05) is 48.0 Å².